The minimum absolute atomic E-state index is 0.348. The number of nitrogens with one attached hydrogen (secondary N) is 1. The highest BCUT2D eigenvalue weighted by atomic mass is 32.2. The molecular formula is C24H30N4O2S. The number of nitrogens with zero attached hydrogens (tertiary/aromatic N) is 2. The van der Waals surface area contributed by atoms with Gasteiger partial charge in [0.25, 0.3) is 0 Å². The predicted molar refractivity (Wildman–Crippen MR) is 126 cm³/mol. The van der Waals surface area contributed by atoms with E-state index in [9.17, 15) is 9.00 Å². The Kier molecular flexibility index (Phi) is 6.27. The van der Waals surface area contributed by atoms with Gasteiger partial charge >= 0.3 is 6.03 Å². The fourth-order valence-electron chi connectivity index (χ4n) is 4.66. The first kappa shape index (κ1) is 21.7. The van der Waals surface area contributed by atoms with Crippen molar-refractivity contribution in [3.05, 3.63) is 70.8 Å². The van der Waals surface area contributed by atoms with Crippen molar-refractivity contribution in [2.75, 3.05) is 18.9 Å². The standard InChI is InChI=1S/C24H30N4O2S/c1-3-14-28(2)16-17-10-12-20(13-11-17)31(25,30)27-24(29)26-23-21-8-4-6-18(21)15-19-7-5-9-22(19)23/h3,10-13,15H,1,4-9,14,16H2,2H3,(H3,25,26,27,29,30). The fraction of sp³-hybridized carbons (Fsp3) is 0.375. The molecule has 2 amide bonds. The monoisotopic (exact) mass is 438 g/mol. The van der Waals surface area contributed by atoms with Crippen LogP contribution in [0.15, 0.2) is 52.2 Å². The van der Waals surface area contributed by atoms with Gasteiger partial charge in [0.15, 0.2) is 0 Å². The number of anilines is 1. The maximum atomic E-state index is 13.0. The molecule has 2 aliphatic carbocycles. The van der Waals surface area contributed by atoms with E-state index in [0.717, 1.165) is 62.9 Å². The van der Waals surface area contributed by atoms with Gasteiger partial charge in [0, 0.05) is 18.8 Å². The molecule has 0 aromatic heterocycles. The highest BCUT2D eigenvalue weighted by Gasteiger charge is 2.25. The number of hydrogen-bond acceptors (Lipinski definition) is 3. The Balaban J connectivity index is 1.54. The molecule has 7 heteroatoms. The first-order valence-corrected chi connectivity index (χ1v) is 12.4. The Hall–Kier alpha value is -2.48. The van der Waals surface area contributed by atoms with Gasteiger partial charge in [-0.25, -0.2) is 14.1 Å². The first-order valence-electron chi connectivity index (χ1n) is 10.8. The number of carbonyl (C=O) groups is 1. The molecule has 1 unspecified atom stereocenters. The largest absolute Gasteiger partial charge is 0.354 e. The molecule has 0 saturated carbocycles. The van der Waals surface area contributed by atoms with Gasteiger partial charge in [0.05, 0.1) is 4.90 Å². The second-order valence-electron chi connectivity index (χ2n) is 8.45. The zero-order valence-electron chi connectivity index (χ0n) is 18.0. The molecule has 164 valence electrons. The van der Waals surface area contributed by atoms with Gasteiger partial charge in [0.2, 0.25) is 0 Å². The third-order valence-corrected chi connectivity index (χ3v) is 7.46. The minimum atomic E-state index is -3.33. The Morgan fingerprint density at radius 2 is 1.77 bits per heavy atom. The average molecular weight is 439 g/mol. The average Bonchev–Trinajstić information content (AvgIpc) is 3.37. The summed E-state index contributed by atoms with van der Waals surface area (Å²) >= 11 is 0. The smallest absolute Gasteiger partial charge is 0.305 e. The lowest BCUT2D eigenvalue weighted by Gasteiger charge is -2.15. The van der Waals surface area contributed by atoms with Crippen molar-refractivity contribution in [3.63, 3.8) is 0 Å². The molecule has 1 atom stereocenters. The van der Waals surface area contributed by atoms with Crippen LogP contribution in [0.1, 0.15) is 40.7 Å². The molecular weight excluding hydrogens is 408 g/mol. The highest BCUT2D eigenvalue weighted by molar-refractivity contribution is 7.91. The van der Waals surface area contributed by atoms with Crippen LogP contribution in [0.25, 0.3) is 0 Å². The molecule has 0 spiro atoms. The maximum absolute atomic E-state index is 13.0. The maximum Gasteiger partial charge on any atom is 0.354 e. The van der Waals surface area contributed by atoms with Crippen molar-refractivity contribution in [3.8, 4) is 0 Å². The van der Waals surface area contributed by atoms with Crippen LogP contribution >= 0.6 is 0 Å². The van der Waals surface area contributed by atoms with Gasteiger partial charge in [-0.3, -0.25) is 4.90 Å². The third kappa shape index (κ3) is 4.74. The number of urea groups is 1. The topological polar surface area (TPSA) is 87.8 Å². The Morgan fingerprint density at radius 1 is 1.16 bits per heavy atom. The number of carbonyl (C=O) groups excluding carboxylic acids is 1. The second-order valence-corrected chi connectivity index (χ2v) is 10.2. The predicted octanol–water partition coefficient (Wildman–Crippen LogP) is 4.21. The summed E-state index contributed by atoms with van der Waals surface area (Å²) in [4.78, 5) is 15.2. The van der Waals surface area contributed by atoms with Crippen molar-refractivity contribution in [2.24, 2.45) is 9.50 Å². The van der Waals surface area contributed by atoms with E-state index in [2.05, 4.69) is 27.2 Å². The van der Waals surface area contributed by atoms with E-state index in [0.29, 0.717) is 4.90 Å². The number of fused-ring (bicyclic) bond motifs is 2. The van der Waals surface area contributed by atoms with Gasteiger partial charge < -0.3 is 5.32 Å². The number of hydrogen-bond donors (Lipinski definition) is 2. The van der Waals surface area contributed by atoms with E-state index >= 15 is 0 Å². The van der Waals surface area contributed by atoms with Gasteiger partial charge in [-0.1, -0.05) is 24.3 Å². The van der Waals surface area contributed by atoms with Gasteiger partial charge in [-0.05, 0) is 85.5 Å². The van der Waals surface area contributed by atoms with Gasteiger partial charge in [-0.15, -0.1) is 10.9 Å². The molecule has 0 saturated heterocycles. The summed E-state index contributed by atoms with van der Waals surface area (Å²) in [5, 5.41) is 8.93. The van der Waals surface area contributed by atoms with Crippen molar-refractivity contribution in [1.29, 1.82) is 0 Å². The molecule has 6 nitrogen and oxygen atoms in total. The van der Waals surface area contributed by atoms with Crippen LogP contribution in [0.5, 0.6) is 0 Å². The lowest BCUT2D eigenvalue weighted by atomic mass is 9.99. The van der Waals surface area contributed by atoms with Crippen LogP contribution in [0.2, 0.25) is 0 Å². The molecule has 2 aromatic carbocycles. The second kappa shape index (κ2) is 8.94. The number of nitrogens with two attached hydrogens (primary N) is 1. The normalized spacial score (nSPS) is 16.5. The van der Waals surface area contributed by atoms with E-state index in [1.807, 2.05) is 25.3 Å². The van der Waals surface area contributed by atoms with Gasteiger partial charge in [0.1, 0.15) is 9.92 Å². The number of benzene rings is 2. The molecule has 0 heterocycles. The van der Waals surface area contributed by atoms with E-state index in [4.69, 9.17) is 5.14 Å². The molecule has 2 aliphatic rings. The Bertz CT molecular complexity index is 1100. The number of amides is 2. The van der Waals surface area contributed by atoms with Crippen LogP contribution in [0.4, 0.5) is 10.5 Å². The van der Waals surface area contributed by atoms with Crippen molar-refractivity contribution >= 4 is 21.6 Å². The van der Waals surface area contributed by atoms with E-state index in [-0.39, 0.29) is 0 Å². The molecule has 3 N–H and O–H groups in total. The molecule has 2 aromatic rings. The molecule has 0 radical (unpaired) electrons. The molecule has 0 bridgehead atoms. The quantitative estimate of drug-likeness (QED) is 0.662. The zero-order chi connectivity index (χ0) is 22.0. The van der Waals surface area contributed by atoms with Crippen LogP contribution in [0, 0.1) is 0 Å². The highest BCUT2D eigenvalue weighted by Crippen LogP contribution is 2.38. The summed E-state index contributed by atoms with van der Waals surface area (Å²) in [6, 6.07) is 8.77. The fourth-order valence-corrected chi connectivity index (χ4v) is 5.58. The van der Waals surface area contributed by atoms with E-state index in [1.54, 1.807) is 12.1 Å². The number of aryl methyl sites for hydroxylation is 2. The van der Waals surface area contributed by atoms with E-state index < -0.39 is 15.9 Å². The summed E-state index contributed by atoms with van der Waals surface area (Å²) in [5.74, 6) is 0. The zero-order valence-corrected chi connectivity index (χ0v) is 18.8. The third-order valence-electron chi connectivity index (χ3n) is 6.08. The van der Waals surface area contributed by atoms with Gasteiger partial charge in [-0.2, -0.15) is 0 Å². The summed E-state index contributed by atoms with van der Waals surface area (Å²) in [7, 11) is -1.33. The SMILES string of the molecule is C=CCN(C)Cc1ccc(S(N)(=O)=NC(=O)Nc2c3c(cc4c2CCC4)CCC3)cc1. The summed E-state index contributed by atoms with van der Waals surface area (Å²) < 4.78 is 16.9. The van der Waals surface area contributed by atoms with E-state index in [1.165, 1.54) is 22.3 Å². The Labute approximate surface area is 184 Å². The lowest BCUT2D eigenvalue weighted by molar-refractivity contribution is 0.260. The van der Waals surface area contributed by atoms with Crippen molar-refractivity contribution in [2.45, 2.75) is 50.0 Å². The summed E-state index contributed by atoms with van der Waals surface area (Å²) in [6.07, 6.45) is 8.04. The molecule has 31 heavy (non-hydrogen) atoms. The summed E-state index contributed by atoms with van der Waals surface area (Å²) in [6.45, 7) is 5.25. The molecule has 0 aliphatic heterocycles. The molecule has 0 fully saturated rings. The Morgan fingerprint density at radius 3 is 2.35 bits per heavy atom. The van der Waals surface area contributed by atoms with Crippen LogP contribution < -0.4 is 10.5 Å². The lowest BCUT2D eigenvalue weighted by Crippen LogP contribution is -2.19. The minimum Gasteiger partial charge on any atom is -0.305 e. The van der Waals surface area contributed by atoms with Crippen molar-refractivity contribution < 1.29 is 9.00 Å². The number of likely N-dealkylation sites (N-methyl/N-ethyl adjacent to an activating group) is 1. The first-order chi connectivity index (χ1) is 14.9. The molecule has 4 rings (SSSR count). The summed E-state index contributed by atoms with van der Waals surface area (Å²) in [5.41, 5.74) is 7.00. The van der Waals surface area contributed by atoms with Crippen LogP contribution in [-0.4, -0.2) is 28.7 Å². The van der Waals surface area contributed by atoms with Crippen molar-refractivity contribution in [1.82, 2.24) is 4.90 Å². The van der Waals surface area contributed by atoms with Crippen LogP contribution in [0.3, 0.4) is 0 Å². The van der Waals surface area contributed by atoms with Crippen LogP contribution in [-0.2, 0) is 42.1 Å². The number of rotatable bonds is 6.